The fourth-order valence-electron chi connectivity index (χ4n) is 0.628. The number of rotatable bonds is 1. The van der Waals surface area contributed by atoms with Gasteiger partial charge in [0.25, 0.3) is 0 Å². The maximum Gasteiger partial charge on any atom is 0.0802 e. The Labute approximate surface area is 49.5 Å². The van der Waals surface area contributed by atoms with Crippen LogP contribution in [0.3, 0.4) is 0 Å². The molecular formula is C6H10N2. The van der Waals surface area contributed by atoms with E-state index in [1.807, 2.05) is 25.2 Å². The molecule has 1 rings (SSSR count). The van der Waals surface area contributed by atoms with Crippen molar-refractivity contribution in [3.8, 4) is 0 Å². The van der Waals surface area contributed by atoms with Crippen molar-refractivity contribution in [3.05, 3.63) is 24.2 Å². The highest BCUT2D eigenvalue weighted by Gasteiger charge is 2.25. The summed E-state index contributed by atoms with van der Waals surface area (Å²) < 4.78 is 0. The Bertz CT molecular complexity index is 147. The van der Waals surface area contributed by atoms with Gasteiger partial charge in [0.1, 0.15) is 0 Å². The minimum atomic E-state index is 1.11. The summed E-state index contributed by atoms with van der Waals surface area (Å²) in [5, 5.41) is 2.93. The van der Waals surface area contributed by atoms with E-state index >= 15 is 0 Å². The largest absolute Gasteiger partial charge is 0.392 e. The molecule has 0 spiro atoms. The van der Waals surface area contributed by atoms with Crippen molar-refractivity contribution >= 4 is 0 Å². The first-order chi connectivity index (χ1) is 3.77. The van der Waals surface area contributed by atoms with Crippen LogP contribution in [-0.2, 0) is 0 Å². The Morgan fingerprint density at radius 1 is 1.75 bits per heavy atom. The molecule has 0 aliphatic carbocycles. The summed E-state index contributed by atoms with van der Waals surface area (Å²) in [6.45, 7) is 3.77. The second-order valence-corrected chi connectivity index (χ2v) is 1.82. The highest BCUT2D eigenvalue weighted by atomic mass is 15.3. The Kier molecular flexibility index (Phi) is 1.01. The first-order valence-corrected chi connectivity index (χ1v) is 2.58. The fourth-order valence-corrected chi connectivity index (χ4v) is 0.628. The lowest BCUT2D eigenvalue weighted by atomic mass is 10.6. The molecule has 8 heavy (non-hydrogen) atoms. The third kappa shape index (κ3) is 0.579. The molecule has 1 fully saturated rings. The second-order valence-electron chi connectivity index (χ2n) is 1.82. The molecule has 44 valence electrons. The van der Waals surface area contributed by atoms with Gasteiger partial charge in [-0.2, -0.15) is 0 Å². The molecule has 1 saturated heterocycles. The monoisotopic (exact) mass is 110 g/mol. The van der Waals surface area contributed by atoms with Gasteiger partial charge < -0.3 is 10.2 Å². The van der Waals surface area contributed by atoms with Crippen LogP contribution in [0, 0.1) is 0 Å². The van der Waals surface area contributed by atoms with Gasteiger partial charge in [0.15, 0.2) is 0 Å². The van der Waals surface area contributed by atoms with Gasteiger partial charge in [0.05, 0.1) is 11.4 Å². The smallest absolute Gasteiger partial charge is 0.0802 e. The highest BCUT2D eigenvalue weighted by molar-refractivity contribution is 5.43. The number of hydrogen-bond acceptors (Lipinski definition) is 2. The minimum Gasteiger partial charge on any atom is -0.392 e. The van der Waals surface area contributed by atoms with Crippen LogP contribution in [-0.4, -0.2) is 19.0 Å². The minimum absolute atomic E-state index is 1.11. The molecule has 0 aromatic carbocycles. The van der Waals surface area contributed by atoms with Gasteiger partial charge in [-0.05, 0) is 0 Å². The number of nitrogens with one attached hydrogen (secondary N) is 1. The molecule has 1 aliphatic heterocycles. The lowest BCUT2D eigenvalue weighted by molar-refractivity contribution is 0.765. The fraction of sp³-hybridized carbons (Fsp3) is 0.333. The maximum absolute atomic E-state index is 3.77. The second kappa shape index (κ2) is 1.54. The Balaban J connectivity index is 2.55. The van der Waals surface area contributed by atoms with Crippen molar-refractivity contribution in [1.82, 2.24) is 10.2 Å². The van der Waals surface area contributed by atoms with Gasteiger partial charge in [0.2, 0.25) is 0 Å². The summed E-state index contributed by atoms with van der Waals surface area (Å²) >= 11 is 0. The van der Waals surface area contributed by atoms with E-state index in [0.29, 0.717) is 0 Å². The predicted octanol–water partition coefficient (Wildman–Crippen LogP) is 0.506. The Hall–Kier alpha value is -0.920. The average Bonchev–Trinajstić information content (AvgIpc) is 2.25. The van der Waals surface area contributed by atoms with E-state index in [-0.39, 0.29) is 0 Å². The van der Waals surface area contributed by atoms with E-state index in [1.54, 1.807) is 0 Å². The molecule has 0 unspecified atom stereocenters. The summed E-state index contributed by atoms with van der Waals surface area (Å²) in [7, 11) is 3.87. The van der Waals surface area contributed by atoms with Gasteiger partial charge in [-0.15, -0.1) is 0 Å². The third-order valence-corrected chi connectivity index (χ3v) is 1.29. The summed E-state index contributed by atoms with van der Waals surface area (Å²) in [6.07, 6.45) is 1.93. The molecule has 0 aromatic rings. The van der Waals surface area contributed by atoms with Crippen molar-refractivity contribution in [2.45, 2.75) is 0 Å². The number of likely N-dealkylation sites (N-methyl/N-ethyl adjacent to an activating group) is 1. The third-order valence-electron chi connectivity index (χ3n) is 1.29. The van der Waals surface area contributed by atoms with Crippen LogP contribution in [0.1, 0.15) is 0 Å². The quantitative estimate of drug-likeness (QED) is 0.494. The van der Waals surface area contributed by atoms with Gasteiger partial charge in [-0.3, -0.25) is 0 Å². The summed E-state index contributed by atoms with van der Waals surface area (Å²) in [5.41, 5.74) is 2.31. The Morgan fingerprint density at radius 3 is 2.38 bits per heavy atom. The summed E-state index contributed by atoms with van der Waals surface area (Å²) in [4.78, 5) is 2.02. The standard InChI is InChI=1S/C6H10N2/c1-5-6(4-7-2)8(5)3/h4,7H,1H2,2-3H3/b6-4+. The molecule has 0 radical (unpaired) electrons. The van der Waals surface area contributed by atoms with Crippen LogP contribution in [0.5, 0.6) is 0 Å². The number of hydrogen-bond donors (Lipinski definition) is 1. The van der Waals surface area contributed by atoms with Crippen LogP contribution in [0.15, 0.2) is 24.2 Å². The molecule has 0 saturated carbocycles. The number of nitrogens with zero attached hydrogens (tertiary/aromatic N) is 1. The molecule has 0 amide bonds. The lowest BCUT2D eigenvalue weighted by Gasteiger charge is -1.80. The topological polar surface area (TPSA) is 15.0 Å². The molecule has 1 heterocycles. The van der Waals surface area contributed by atoms with E-state index in [2.05, 4.69) is 11.9 Å². The lowest BCUT2D eigenvalue weighted by Crippen LogP contribution is -1.91. The van der Waals surface area contributed by atoms with Crippen molar-refractivity contribution in [3.63, 3.8) is 0 Å². The molecule has 2 heteroatoms. The van der Waals surface area contributed by atoms with Crippen LogP contribution in [0.25, 0.3) is 0 Å². The van der Waals surface area contributed by atoms with Crippen LogP contribution < -0.4 is 5.32 Å². The molecule has 0 aromatic heterocycles. The zero-order chi connectivity index (χ0) is 6.15. The first kappa shape index (κ1) is 5.22. The van der Waals surface area contributed by atoms with Crippen molar-refractivity contribution in [2.24, 2.45) is 0 Å². The predicted molar refractivity (Wildman–Crippen MR) is 34.0 cm³/mol. The molecular weight excluding hydrogens is 100 g/mol. The van der Waals surface area contributed by atoms with Gasteiger partial charge >= 0.3 is 0 Å². The molecule has 0 bridgehead atoms. The van der Waals surface area contributed by atoms with E-state index in [9.17, 15) is 0 Å². The Morgan fingerprint density at radius 2 is 2.25 bits per heavy atom. The molecule has 1 N–H and O–H groups in total. The normalized spacial score (nSPS) is 22.0. The van der Waals surface area contributed by atoms with Gasteiger partial charge in [0, 0.05) is 20.3 Å². The van der Waals surface area contributed by atoms with E-state index in [4.69, 9.17) is 0 Å². The van der Waals surface area contributed by atoms with Crippen LogP contribution in [0.4, 0.5) is 0 Å². The van der Waals surface area contributed by atoms with Gasteiger partial charge in [-0.1, -0.05) is 6.58 Å². The van der Waals surface area contributed by atoms with E-state index in [1.165, 1.54) is 5.70 Å². The van der Waals surface area contributed by atoms with E-state index in [0.717, 1.165) is 5.70 Å². The molecule has 0 atom stereocenters. The average molecular weight is 110 g/mol. The maximum atomic E-state index is 3.77. The summed E-state index contributed by atoms with van der Waals surface area (Å²) in [6, 6.07) is 0. The van der Waals surface area contributed by atoms with Crippen LogP contribution in [0.2, 0.25) is 0 Å². The van der Waals surface area contributed by atoms with Crippen LogP contribution >= 0.6 is 0 Å². The van der Waals surface area contributed by atoms with Gasteiger partial charge in [-0.25, -0.2) is 0 Å². The van der Waals surface area contributed by atoms with Crippen molar-refractivity contribution in [1.29, 1.82) is 0 Å². The zero-order valence-electron chi connectivity index (χ0n) is 5.23. The summed E-state index contributed by atoms with van der Waals surface area (Å²) in [5.74, 6) is 0. The zero-order valence-corrected chi connectivity index (χ0v) is 5.23. The highest BCUT2D eigenvalue weighted by Crippen LogP contribution is 2.31. The van der Waals surface area contributed by atoms with E-state index < -0.39 is 0 Å². The molecule has 1 aliphatic rings. The van der Waals surface area contributed by atoms with Crippen molar-refractivity contribution < 1.29 is 0 Å². The molecule has 2 nitrogen and oxygen atoms in total. The van der Waals surface area contributed by atoms with Crippen molar-refractivity contribution in [2.75, 3.05) is 14.1 Å². The SMILES string of the molecule is C=C1/C(=C\NC)N1C. The first-order valence-electron chi connectivity index (χ1n) is 2.58.